The second-order valence-corrected chi connectivity index (χ2v) is 4.88. The molecule has 0 aromatic heterocycles. The van der Waals surface area contributed by atoms with Gasteiger partial charge in [0.15, 0.2) is 0 Å². The highest BCUT2D eigenvalue weighted by atomic mass is 16.2. The van der Waals surface area contributed by atoms with Crippen molar-refractivity contribution < 1.29 is 14.4 Å². The van der Waals surface area contributed by atoms with Crippen molar-refractivity contribution in [3.05, 3.63) is 35.9 Å². The predicted octanol–water partition coefficient (Wildman–Crippen LogP) is 0.839. The highest BCUT2D eigenvalue weighted by Gasteiger charge is 2.08. The fourth-order valence-electron chi connectivity index (χ4n) is 1.76. The summed E-state index contributed by atoms with van der Waals surface area (Å²) in [5.41, 5.74) is 0.490. The lowest BCUT2D eigenvalue weighted by atomic mass is 10.2. The van der Waals surface area contributed by atoms with E-state index in [1.54, 1.807) is 24.3 Å². The van der Waals surface area contributed by atoms with Crippen LogP contribution in [0.25, 0.3) is 0 Å². The lowest BCUT2D eigenvalue weighted by Gasteiger charge is -2.08. The molecule has 0 atom stereocenters. The number of amides is 3. The van der Waals surface area contributed by atoms with Gasteiger partial charge in [-0.25, -0.2) is 0 Å². The van der Waals surface area contributed by atoms with E-state index in [0.717, 1.165) is 19.3 Å². The average molecular weight is 305 g/mol. The Hall–Kier alpha value is -2.37. The van der Waals surface area contributed by atoms with E-state index in [-0.39, 0.29) is 24.9 Å². The van der Waals surface area contributed by atoms with E-state index < -0.39 is 5.91 Å². The summed E-state index contributed by atoms with van der Waals surface area (Å²) in [5, 5.41) is 7.69. The summed E-state index contributed by atoms with van der Waals surface area (Å²) in [5.74, 6) is -0.938. The van der Waals surface area contributed by atoms with Crippen molar-refractivity contribution >= 4 is 17.7 Å². The highest BCUT2D eigenvalue weighted by molar-refractivity contribution is 5.96. The largest absolute Gasteiger partial charge is 0.355 e. The highest BCUT2D eigenvalue weighted by Crippen LogP contribution is 1.97. The van der Waals surface area contributed by atoms with Crippen LogP contribution in [0.5, 0.6) is 0 Å². The van der Waals surface area contributed by atoms with E-state index in [1.807, 2.05) is 6.07 Å². The number of benzene rings is 1. The SMILES string of the molecule is CCCCCNC(=O)CNC(=O)CNC(=O)c1ccccc1. The van der Waals surface area contributed by atoms with Gasteiger partial charge >= 0.3 is 0 Å². The fourth-order valence-corrected chi connectivity index (χ4v) is 1.76. The van der Waals surface area contributed by atoms with Gasteiger partial charge in [-0.3, -0.25) is 14.4 Å². The molecule has 0 fully saturated rings. The summed E-state index contributed by atoms with van der Waals surface area (Å²) in [7, 11) is 0. The Morgan fingerprint density at radius 3 is 2.18 bits per heavy atom. The minimum Gasteiger partial charge on any atom is -0.355 e. The van der Waals surface area contributed by atoms with Crippen LogP contribution in [0.4, 0.5) is 0 Å². The molecule has 0 aliphatic carbocycles. The van der Waals surface area contributed by atoms with Crippen molar-refractivity contribution in [1.82, 2.24) is 16.0 Å². The molecule has 0 spiro atoms. The normalized spacial score (nSPS) is 9.86. The summed E-state index contributed by atoms with van der Waals surface area (Å²) < 4.78 is 0. The molecule has 0 saturated carbocycles. The van der Waals surface area contributed by atoms with E-state index in [1.165, 1.54) is 0 Å². The Morgan fingerprint density at radius 2 is 1.50 bits per heavy atom. The molecular formula is C16H23N3O3. The fraction of sp³-hybridized carbons (Fsp3) is 0.438. The molecule has 3 N–H and O–H groups in total. The first-order chi connectivity index (χ1) is 10.6. The standard InChI is InChI=1S/C16H23N3O3/c1-2-3-7-10-17-14(20)11-18-15(21)12-19-16(22)13-8-5-4-6-9-13/h4-6,8-9H,2-3,7,10-12H2,1H3,(H,17,20)(H,18,21)(H,19,22). The number of hydrogen-bond acceptors (Lipinski definition) is 3. The molecule has 6 heteroatoms. The molecule has 1 aromatic carbocycles. The molecule has 0 aliphatic heterocycles. The molecule has 0 unspecified atom stereocenters. The van der Waals surface area contributed by atoms with Crippen molar-refractivity contribution in [3.63, 3.8) is 0 Å². The number of unbranched alkanes of at least 4 members (excludes halogenated alkanes) is 2. The topological polar surface area (TPSA) is 87.3 Å². The van der Waals surface area contributed by atoms with Crippen LogP contribution in [0.15, 0.2) is 30.3 Å². The third-order valence-electron chi connectivity index (χ3n) is 2.99. The van der Waals surface area contributed by atoms with Gasteiger partial charge in [0.1, 0.15) is 0 Å². The van der Waals surface area contributed by atoms with Crippen LogP contribution in [0.1, 0.15) is 36.5 Å². The van der Waals surface area contributed by atoms with E-state index in [0.29, 0.717) is 12.1 Å². The van der Waals surface area contributed by atoms with Gasteiger partial charge in [0.05, 0.1) is 13.1 Å². The molecule has 120 valence electrons. The molecule has 0 bridgehead atoms. The first-order valence-corrected chi connectivity index (χ1v) is 7.50. The molecule has 1 aromatic rings. The summed E-state index contributed by atoms with van der Waals surface area (Å²) in [4.78, 5) is 34.7. The van der Waals surface area contributed by atoms with Crippen molar-refractivity contribution in [2.45, 2.75) is 26.2 Å². The second kappa shape index (κ2) is 10.4. The second-order valence-electron chi connectivity index (χ2n) is 4.88. The molecule has 0 aliphatic rings. The summed E-state index contributed by atoms with van der Waals surface area (Å²) in [6, 6.07) is 8.63. The van der Waals surface area contributed by atoms with Gasteiger partial charge < -0.3 is 16.0 Å². The van der Waals surface area contributed by atoms with Crippen molar-refractivity contribution in [1.29, 1.82) is 0 Å². The molecule has 1 rings (SSSR count). The Bertz CT molecular complexity index is 489. The molecule has 22 heavy (non-hydrogen) atoms. The van der Waals surface area contributed by atoms with Gasteiger partial charge in [-0.2, -0.15) is 0 Å². The van der Waals surface area contributed by atoms with Crippen molar-refractivity contribution in [2.75, 3.05) is 19.6 Å². The first-order valence-electron chi connectivity index (χ1n) is 7.50. The molecular weight excluding hydrogens is 282 g/mol. The Kier molecular flexibility index (Phi) is 8.33. The van der Waals surface area contributed by atoms with Gasteiger partial charge in [-0.15, -0.1) is 0 Å². The number of carbonyl (C=O) groups is 3. The smallest absolute Gasteiger partial charge is 0.251 e. The monoisotopic (exact) mass is 305 g/mol. The number of nitrogens with one attached hydrogen (secondary N) is 3. The minimum absolute atomic E-state index is 0.0772. The Labute approximate surface area is 130 Å². The lowest BCUT2D eigenvalue weighted by Crippen LogP contribution is -2.42. The zero-order chi connectivity index (χ0) is 16.2. The third kappa shape index (κ3) is 7.42. The number of hydrogen-bond donors (Lipinski definition) is 3. The maximum absolute atomic E-state index is 11.7. The summed E-state index contributed by atoms with van der Waals surface area (Å²) in [6.07, 6.45) is 3.09. The average Bonchev–Trinajstić information content (AvgIpc) is 2.55. The van der Waals surface area contributed by atoms with Crippen LogP contribution < -0.4 is 16.0 Å². The number of carbonyl (C=O) groups excluding carboxylic acids is 3. The zero-order valence-electron chi connectivity index (χ0n) is 12.9. The van der Waals surface area contributed by atoms with E-state index >= 15 is 0 Å². The van der Waals surface area contributed by atoms with E-state index in [2.05, 4.69) is 22.9 Å². The third-order valence-corrected chi connectivity index (χ3v) is 2.99. The Balaban J connectivity index is 2.15. The Morgan fingerprint density at radius 1 is 0.864 bits per heavy atom. The van der Waals surface area contributed by atoms with E-state index in [9.17, 15) is 14.4 Å². The lowest BCUT2D eigenvalue weighted by molar-refractivity contribution is -0.125. The molecule has 0 saturated heterocycles. The van der Waals surface area contributed by atoms with Crippen LogP contribution in [0.3, 0.4) is 0 Å². The summed E-state index contributed by atoms with van der Waals surface area (Å²) >= 11 is 0. The van der Waals surface area contributed by atoms with E-state index in [4.69, 9.17) is 0 Å². The van der Waals surface area contributed by atoms with Crippen LogP contribution in [0.2, 0.25) is 0 Å². The molecule has 3 amide bonds. The molecule has 0 heterocycles. The zero-order valence-corrected chi connectivity index (χ0v) is 12.9. The van der Waals surface area contributed by atoms with Crippen LogP contribution >= 0.6 is 0 Å². The summed E-state index contributed by atoms with van der Waals surface area (Å²) in [6.45, 7) is 2.47. The molecule has 6 nitrogen and oxygen atoms in total. The van der Waals surface area contributed by atoms with Crippen molar-refractivity contribution in [2.24, 2.45) is 0 Å². The maximum atomic E-state index is 11.7. The van der Waals surface area contributed by atoms with Gasteiger partial charge in [0.25, 0.3) is 5.91 Å². The van der Waals surface area contributed by atoms with Gasteiger partial charge in [0.2, 0.25) is 11.8 Å². The maximum Gasteiger partial charge on any atom is 0.251 e. The predicted molar refractivity (Wildman–Crippen MR) is 84.3 cm³/mol. The first kappa shape index (κ1) is 17.7. The molecule has 0 radical (unpaired) electrons. The van der Waals surface area contributed by atoms with Crippen LogP contribution in [-0.4, -0.2) is 37.4 Å². The minimum atomic E-state index is -0.395. The van der Waals surface area contributed by atoms with Crippen LogP contribution in [-0.2, 0) is 9.59 Å². The number of rotatable bonds is 9. The van der Waals surface area contributed by atoms with Crippen LogP contribution in [0, 0.1) is 0 Å². The van der Waals surface area contributed by atoms with Gasteiger partial charge in [-0.05, 0) is 18.6 Å². The van der Waals surface area contributed by atoms with Gasteiger partial charge in [0, 0.05) is 12.1 Å². The quantitative estimate of drug-likeness (QED) is 0.591. The van der Waals surface area contributed by atoms with Gasteiger partial charge in [-0.1, -0.05) is 38.0 Å². The van der Waals surface area contributed by atoms with Crippen molar-refractivity contribution in [3.8, 4) is 0 Å².